The Labute approximate surface area is 105 Å². The Morgan fingerprint density at radius 2 is 2.28 bits per heavy atom. The van der Waals surface area contributed by atoms with Crippen molar-refractivity contribution in [1.29, 1.82) is 0 Å². The first kappa shape index (κ1) is 14.1. The smallest absolute Gasteiger partial charge is 0.306 e. The molecule has 6 heteroatoms. The van der Waals surface area contributed by atoms with Gasteiger partial charge in [0.25, 0.3) is 5.91 Å². The molecule has 0 fully saturated rings. The minimum Gasteiger partial charge on any atom is -0.481 e. The van der Waals surface area contributed by atoms with Crippen LogP contribution in [0.2, 0.25) is 0 Å². The highest BCUT2D eigenvalue weighted by Gasteiger charge is 2.15. The summed E-state index contributed by atoms with van der Waals surface area (Å²) < 4.78 is 5.22. The van der Waals surface area contributed by atoms with E-state index >= 15 is 0 Å². The number of aliphatic carboxylic acids is 1. The normalized spacial score (nSPS) is 11.8. The molecule has 1 aromatic rings. The monoisotopic (exact) mass is 252 g/mol. The van der Waals surface area contributed by atoms with Crippen molar-refractivity contribution < 1.29 is 19.4 Å². The number of aromatic nitrogens is 1. The van der Waals surface area contributed by atoms with Crippen LogP contribution in [0.1, 0.15) is 23.8 Å². The SMILES string of the molecule is CCOC(CNC(=O)c1ccccn1)CC(=O)O. The molecular formula is C12H16N2O4. The van der Waals surface area contributed by atoms with Crippen molar-refractivity contribution in [3.8, 4) is 0 Å². The zero-order valence-corrected chi connectivity index (χ0v) is 10.1. The molecule has 0 aromatic carbocycles. The molecule has 0 aliphatic carbocycles. The Kier molecular flexibility index (Phi) is 5.79. The molecule has 0 spiro atoms. The number of amides is 1. The molecule has 0 aliphatic heterocycles. The summed E-state index contributed by atoms with van der Waals surface area (Å²) in [5.74, 6) is -1.30. The van der Waals surface area contributed by atoms with Crippen LogP contribution in [-0.2, 0) is 9.53 Å². The highest BCUT2D eigenvalue weighted by Crippen LogP contribution is 1.99. The number of rotatable bonds is 7. The van der Waals surface area contributed by atoms with Crippen molar-refractivity contribution in [3.05, 3.63) is 30.1 Å². The molecule has 1 amide bonds. The molecule has 1 rings (SSSR count). The van der Waals surface area contributed by atoms with Crippen molar-refractivity contribution in [2.75, 3.05) is 13.2 Å². The average molecular weight is 252 g/mol. The number of carboxylic acid groups (broad SMARTS) is 1. The summed E-state index contributed by atoms with van der Waals surface area (Å²) in [7, 11) is 0. The van der Waals surface area contributed by atoms with Gasteiger partial charge in [0, 0.05) is 19.3 Å². The summed E-state index contributed by atoms with van der Waals surface area (Å²) in [6, 6.07) is 5.01. The van der Waals surface area contributed by atoms with Crippen LogP contribution in [0.25, 0.3) is 0 Å². The van der Waals surface area contributed by atoms with E-state index in [2.05, 4.69) is 10.3 Å². The van der Waals surface area contributed by atoms with Gasteiger partial charge in [0.05, 0.1) is 12.5 Å². The van der Waals surface area contributed by atoms with Crippen LogP contribution in [0.5, 0.6) is 0 Å². The number of pyridine rings is 1. The Morgan fingerprint density at radius 1 is 1.50 bits per heavy atom. The molecule has 2 N–H and O–H groups in total. The number of nitrogens with one attached hydrogen (secondary N) is 1. The average Bonchev–Trinajstić information content (AvgIpc) is 2.36. The van der Waals surface area contributed by atoms with Crippen molar-refractivity contribution in [3.63, 3.8) is 0 Å². The molecular weight excluding hydrogens is 236 g/mol. The van der Waals surface area contributed by atoms with Crippen LogP contribution in [0, 0.1) is 0 Å². The maximum absolute atomic E-state index is 11.7. The first-order valence-corrected chi connectivity index (χ1v) is 5.66. The fourth-order valence-corrected chi connectivity index (χ4v) is 1.41. The van der Waals surface area contributed by atoms with Gasteiger partial charge in [0.2, 0.25) is 0 Å². The summed E-state index contributed by atoms with van der Waals surface area (Å²) in [6.07, 6.45) is 0.850. The molecule has 1 aromatic heterocycles. The molecule has 1 unspecified atom stereocenters. The van der Waals surface area contributed by atoms with Gasteiger partial charge in [-0.3, -0.25) is 14.6 Å². The second-order valence-electron chi connectivity index (χ2n) is 3.60. The molecule has 0 saturated carbocycles. The third-order valence-electron chi connectivity index (χ3n) is 2.19. The van der Waals surface area contributed by atoms with Crippen LogP contribution >= 0.6 is 0 Å². The first-order valence-electron chi connectivity index (χ1n) is 5.66. The first-order chi connectivity index (χ1) is 8.63. The zero-order valence-electron chi connectivity index (χ0n) is 10.1. The van der Waals surface area contributed by atoms with Gasteiger partial charge in [0.1, 0.15) is 5.69 Å². The number of hydrogen-bond donors (Lipinski definition) is 2. The lowest BCUT2D eigenvalue weighted by Gasteiger charge is -2.15. The van der Waals surface area contributed by atoms with Gasteiger partial charge < -0.3 is 15.2 Å². The quantitative estimate of drug-likeness (QED) is 0.745. The molecule has 6 nitrogen and oxygen atoms in total. The van der Waals surface area contributed by atoms with E-state index in [0.717, 1.165) is 0 Å². The van der Waals surface area contributed by atoms with Gasteiger partial charge in [-0.05, 0) is 19.1 Å². The Bertz CT molecular complexity index is 394. The van der Waals surface area contributed by atoms with Crippen molar-refractivity contribution in [2.45, 2.75) is 19.4 Å². The predicted molar refractivity (Wildman–Crippen MR) is 64.2 cm³/mol. The number of carboxylic acids is 1. The van der Waals surface area contributed by atoms with Gasteiger partial charge >= 0.3 is 5.97 Å². The fraction of sp³-hybridized carbons (Fsp3) is 0.417. The van der Waals surface area contributed by atoms with Gasteiger partial charge in [-0.15, -0.1) is 0 Å². The lowest BCUT2D eigenvalue weighted by atomic mass is 10.2. The zero-order chi connectivity index (χ0) is 13.4. The highest BCUT2D eigenvalue weighted by molar-refractivity contribution is 5.92. The lowest BCUT2D eigenvalue weighted by molar-refractivity contribution is -0.140. The van der Waals surface area contributed by atoms with Gasteiger partial charge in [-0.1, -0.05) is 6.07 Å². The third-order valence-corrected chi connectivity index (χ3v) is 2.19. The minimum atomic E-state index is -0.958. The van der Waals surface area contributed by atoms with E-state index in [1.807, 2.05) is 0 Å². The summed E-state index contributed by atoms with van der Waals surface area (Å²) in [5, 5.41) is 11.3. The lowest BCUT2D eigenvalue weighted by Crippen LogP contribution is -2.35. The minimum absolute atomic E-state index is 0.143. The maximum atomic E-state index is 11.7. The van der Waals surface area contributed by atoms with E-state index in [1.54, 1.807) is 25.1 Å². The number of carbonyl (C=O) groups excluding carboxylic acids is 1. The second-order valence-corrected chi connectivity index (χ2v) is 3.60. The fourth-order valence-electron chi connectivity index (χ4n) is 1.41. The molecule has 1 heterocycles. The van der Waals surface area contributed by atoms with Crippen LogP contribution < -0.4 is 5.32 Å². The number of hydrogen-bond acceptors (Lipinski definition) is 4. The van der Waals surface area contributed by atoms with Gasteiger partial charge in [-0.25, -0.2) is 0 Å². The van der Waals surface area contributed by atoms with E-state index in [1.165, 1.54) is 6.20 Å². The Morgan fingerprint density at radius 3 is 2.83 bits per heavy atom. The number of ether oxygens (including phenoxy) is 1. The number of nitrogens with zero attached hydrogens (tertiary/aromatic N) is 1. The standard InChI is InChI=1S/C12H16N2O4/c1-2-18-9(7-11(15)16)8-14-12(17)10-5-3-4-6-13-10/h3-6,9H,2,7-8H2,1H3,(H,14,17)(H,15,16). The topological polar surface area (TPSA) is 88.5 Å². The summed E-state index contributed by atoms with van der Waals surface area (Å²) >= 11 is 0. The number of carbonyl (C=O) groups is 2. The molecule has 1 atom stereocenters. The van der Waals surface area contributed by atoms with Gasteiger partial charge in [0.15, 0.2) is 0 Å². The molecule has 18 heavy (non-hydrogen) atoms. The van der Waals surface area contributed by atoms with Gasteiger partial charge in [-0.2, -0.15) is 0 Å². The molecule has 0 saturated heterocycles. The van der Waals surface area contributed by atoms with Crippen molar-refractivity contribution in [1.82, 2.24) is 10.3 Å². The van der Waals surface area contributed by atoms with Crippen molar-refractivity contribution >= 4 is 11.9 Å². The van der Waals surface area contributed by atoms with E-state index in [-0.39, 0.29) is 18.9 Å². The summed E-state index contributed by atoms with van der Waals surface area (Å²) in [5.41, 5.74) is 0.295. The van der Waals surface area contributed by atoms with Crippen LogP contribution in [-0.4, -0.2) is 41.2 Å². The maximum Gasteiger partial charge on any atom is 0.306 e. The van der Waals surface area contributed by atoms with E-state index in [4.69, 9.17) is 9.84 Å². The second kappa shape index (κ2) is 7.39. The Hall–Kier alpha value is -1.95. The third kappa shape index (κ3) is 4.92. The van der Waals surface area contributed by atoms with E-state index in [0.29, 0.717) is 12.3 Å². The highest BCUT2D eigenvalue weighted by atomic mass is 16.5. The van der Waals surface area contributed by atoms with E-state index in [9.17, 15) is 9.59 Å². The largest absolute Gasteiger partial charge is 0.481 e. The van der Waals surface area contributed by atoms with Crippen molar-refractivity contribution in [2.24, 2.45) is 0 Å². The van der Waals surface area contributed by atoms with Crippen LogP contribution in [0.3, 0.4) is 0 Å². The van der Waals surface area contributed by atoms with E-state index < -0.39 is 12.1 Å². The molecule has 98 valence electrons. The molecule has 0 bridgehead atoms. The summed E-state index contributed by atoms with van der Waals surface area (Å²) in [6.45, 7) is 2.32. The molecule has 0 aliphatic rings. The molecule has 0 radical (unpaired) electrons. The van der Waals surface area contributed by atoms with Crippen LogP contribution in [0.4, 0.5) is 0 Å². The Balaban J connectivity index is 2.46. The van der Waals surface area contributed by atoms with Crippen LogP contribution in [0.15, 0.2) is 24.4 Å². The predicted octanol–water partition coefficient (Wildman–Crippen LogP) is 0.691. The summed E-state index contributed by atoms with van der Waals surface area (Å²) in [4.78, 5) is 26.2.